The minimum absolute atomic E-state index is 0.108. The molecule has 140 valence electrons. The number of aromatic nitrogens is 4. The summed E-state index contributed by atoms with van der Waals surface area (Å²) in [7, 11) is 1.77. The minimum atomic E-state index is -0.157. The largest absolute Gasteiger partial charge is 0.342 e. The second kappa shape index (κ2) is 7.48. The van der Waals surface area contributed by atoms with Gasteiger partial charge in [0.05, 0.1) is 11.0 Å². The number of benzene rings is 2. The number of carbonyl (C=O) groups is 2. The highest BCUT2D eigenvalue weighted by atomic mass is 16.1. The molecule has 4 aromatic rings. The molecule has 7 heteroatoms. The number of nitrogens with zero attached hydrogens (tertiary/aromatic N) is 3. The van der Waals surface area contributed by atoms with E-state index in [-0.39, 0.29) is 11.7 Å². The first kappa shape index (κ1) is 17.7. The maximum absolute atomic E-state index is 12.4. The molecule has 2 aromatic heterocycles. The summed E-state index contributed by atoms with van der Waals surface area (Å²) in [5.74, 6) is 0.897. The predicted octanol–water partition coefficient (Wildman–Crippen LogP) is 3.10. The van der Waals surface area contributed by atoms with Crippen LogP contribution in [-0.4, -0.2) is 31.2 Å². The predicted molar refractivity (Wildman–Crippen MR) is 106 cm³/mol. The zero-order chi connectivity index (χ0) is 19.5. The van der Waals surface area contributed by atoms with Gasteiger partial charge in [0.15, 0.2) is 5.82 Å². The van der Waals surface area contributed by atoms with Crippen LogP contribution in [0, 0.1) is 0 Å². The molecule has 7 nitrogen and oxygen atoms in total. The lowest BCUT2D eigenvalue weighted by molar-refractivity contribution is -0.116. The Balaban J connectivity index is 1.35. The Morgan fingerprint density at radius 3 is 2.61 bits per heavy atom. The Morgan fingerprint density at radius 2 is 1.89 bits per heavy atom. The molecule has 0 fully saturated rings. The van der Waals surface area contributed by atoms with E-state index in [2.05, 4.69) is 20.3 Å². The molecule has 0 atom stereocenters. The highest BCUT2D eigenvalue weighted by Gasteiger charge is 2.14. The van der Waals surface area contributed by atoms with Crippen LogP contribution >= 0.6 is 0 Å². The number of aromatic amines is 1. The van der Waals surface area contributed by atoms with Gasteiger partial charge in [0, 0.05) is 43.5 Å². The fourth-order valence-electron chi connectivity index (χ4n) is 3.00. The fourth-order valence-corrected chi connectivity index (χ4v) is 3.00. The Labute approximate surface area is 161 Å². The second-order valence-corrected chi connectivity index (χ2v) is 6.52. The number of nitrogens with one attached hydrogen (secondary N) is 2. The zero-order valence-electron chi connectivity index (χ0n) is 15.3. The van der Waals surface area contributed by atoms with E-state index in [4.69, 9.17) is 0 Å². The lowest BCUT2D eigenvalue weighted by atomic mass is 10.1. The molecule has 0 saturated heterocycles. The molecule has 0 bridgehead atoms. The Hall–Kier alpha value is -3.74. The van der Waals surface area contributed by atoms with E-state index in [9.17, 15) is 9.59 Å². The van der Waals surface area contributed by atoms with Crippen LogP contribution in [-0.2, 0) is 18.3 Å². The van der Waals surface area contributed by atoms with Crippen molar-refractivity contribution in [1.29, 1.82) is 0 Å². The third-order valence-electron chi connectivity index (χ3n) is 4.48. The lowest BCUT2D eigenvalue weighted by Crippen LogP contribution is -2.13. The van der Waals surface area contributed by atoms with Crippen LogP contribution in [0.4, 0.5) is 5.69 Å². The number of aryl methyl sites for hydroxylation is 2. The molecule has 0 aliphatic heterocycles. The summed E-state index contributed by atoms with van der Waals surface area (Å²) in [4.78, 5) is 36.4. The summed E-state index contributed by atoms with van der Waals surface area (Å²) in [6.07, 6.45) is 4.15. The molecule has 0 spiro atoms. The van der Waals surface area contributed by atoms with Crippen molar-refractivity contribution in [3.8, 4) is 0 Å². The first-order valence-corrected chi connectivity index (χ1v) is 8.96. The van der Waals surface area contributed by atoms with Crippen molar-refractivity contribution in [2.24, 2.45) is 7.05 Å². The topological polar surface area (TPSA) is 92.7 Å². The molecule has 2 aromatic carbocycles. The van der Waals surface area contributed by atoms with Crippen LogP contribution < -0.4 is 5.32 Å². The summed E-state index contributed by atoms with van der Waals surface area (Å²) in [6.45, 7) is 0. The van der Waals surface area contributed by atoms with Crippen molar-refractivity contribution in [1.82, 2.24) is 19.5 Å². The zero-order valence-corrected chi connectivity index (χ0v) is 15.3. The van der Waals surface area contributed by atoms with Gasteiger partial charge in [-0.05, 0) is 36.4 Å². The molecule has 2 heterocycles. The van der Waals surface area contributed by atoms with Crippen LogP contribution in [0.15, 0.2) is 60.9 Å². The van der Waals surface area contributed by atoms with Gasteiger partial charge in [-0.2, -0.15) is 0 Å². The average Bonchev–Trinajstić information content (AvgIpc) is 3.32. The summed E-state index contributed by atoms with van der Waals surface area (Å²) in [5, 5.41) is 2.85. The Kier molecular flexibility index (Phi) is 4.72. The number of para-hydroxylation sites is 2. The quantitative estimate of drug-likeness (QED) is 0.508. The van der Waals surface area contributed by atoms with Crippen LogP contribution in [0.2, 0.25) is 0 Å². The molecule has 1 amide bonds. The number of hydrogen-bond donors (Lipinski definition) is 2. The van der Waals surface area contributed by atoms with E-state index < -0.39 is 0 Å². The van der Waals surface area contributed by atoms with Crippen molar-refractivity contribution < 1.29 is 9.59 Å². The third kappa shape index (κ3) is 3.68. The highest BCUT2D eigenvalue weighted by molar-refractivity contribution is 6.07. The van der Waals surface area contributed by atoms with E-state index >= 15 is 0 Å². The van der Waals surface area contributed by atoms with Gasteiger partial charge in [0.2, 0.25) is 11.7 Å². The molecule has 28 heavy (non-hydrogen) atoms. The van der Waals surface area contributed by atoms with Crippen LogP contribution in [0.5, 0.6) is 0 Å². The van der Waals surface area contributed by atoms with Crippen molar-refractivity contribution in [3.05, 3.63) is 78.1 Å². The maximum atomic E-state index is 12.4. The lowest BCUT2D eigenvalue weighted by Gasteiger charge is -2.06. The van der Waals surface area contributed by atoms with Gasteiger partial charge < -0.3 is 14.9 Å². The van der Waals surface area contributed by atoms with Crippen molar-refractivity contribution in [2.45, 2.75) is 12.8 Å². The number of rotatable bonds is 6. The molecular weight excluding hydrogens is 354 g/mol. The summed E-state index contributed by atoms with van der Waals surface area (Å²) in [6, 6.07) is 14.6. The molecule has 0 unspecified atom stereocenters. The van der Waals surface area contributed by atoms with E-state index in [1.165, 1.54) is 0 Å². The SMILES string of the molecule is Cn1ccnc1C(=O)c1ccc(NC(=O)CCc2nc3ccccc3[nH]2)cc1. The van der Waals surface area contributed by atoms with Gasteiger partial charge in [-0.3, -0.25) is 9.59 Å². The number of anilines is 1. The molecular formula is C21H19N5O2. The van der Waals surface area contributed by atoms with Gasteiger partial charge in [0.1, 0.15) is 5.82 Å². The van der Waals surface area contributed by atoms with Crippen LogP contribution in [0.1, 0.15) is 28.4 Å². The first-order valence-electron chi connectivity index (χ1n) is 8.96. The molecule has 0 aliphatic rings. The number of ketones is 1. The summed E-state index contributed by atoms with van der Waals surface area (Å²) >= 11 is 0. The maximum Gasteiger partial charge on any atom is 0.228 e. The standard InChI is InChI=1S/C21H19N5O2/c1-26-13-12-22-21(26)20(28)14-6-8-15(9-7-14)23-19(27)11-10-18-24-16-4-2-3-5-17(16)25-18/h2-9,12-13H,10-11H2,1H3,(H,23,27)(H,24,25). The van der Waals surface area contributed by atoms with E-state index in [0.29, 0.717) is 29.9 Å². The van der Waals surface area contributed by atoms with Gasteiger partial charge in [0.25, 0.3) is 0 Å². The smallest absolute Gasteiger partial charge is 0.228 e. The number of amides is 1. The number of fused-ring (bicyclic) bond motifs is 1. The van der Waals surface area contributed by atoms with Gasteiger partial charge in [-0.15, -0.1) is 0 Å². The van der Waals surface area contributed by atoms with Crippen LogP contribution in [0.25, 0.3) is 11.0 Å². The molecule has 0 saturated carbocycles. The van der Waals surface area contributed by atoms with Crippen molar-refractivity contribution in [2.75, 3.05) is 5.32 Å². The van der Waals surface area contributed by atoms with E-state index in [0.717, 1.165) is 16.9 Å². The highest BCUT2D eigenvalue weighted by Crippen LogP contribution is 2.14. The average molecular weight is 373 g/mol. The van der Waals surface area contributed by atoms with E-state index in [1.807, 2.05) is 24.3 Å². The van der Waals surface area contributed by atoms with Gasteiger partial charge >= 0.3 is 0 Å². The molecule has 4 rings (SSSR count). The number of H-pyrrole nitrogens is 1. The summed E-state index contributed by atoms with van der Waals surface area (Å²) in [5.41, 5.74) is 3.03. The monoisotopic (exact) mass is 373 g/mol. The molecule has 2 N–H and O–H groups in total. The van der Waals surface area contributed by atoms with Gasteiger partial charge in [-0.25, -0.2) is 9.97 Å². The molecule has 0 radical (unpaired) electrons. The van der Waals surface area contributed by atoms with Gasteiger partial charge in [-0.1, -0.05) is 12.1 Å². The molecule has 0 aliphatic carbocycles. The fraction of sp³-hybridized carbons (Fsp3) is 0.143. The third-order valence-corrected chi connectivity index (χ3v) is 4.48. The van der Waals surface area contributed by atoms with E-state index in [1.54, 1.807) is 48.3 Å². The normalized spacial score (nSPS) is 10.9. The minimum Gasteiger partial charge on any atom is -0.342 e. The first-order chi connectivity index (χ1) is 13.6. The Morgan fingerprint density at radius 1 is 1.11 bits per heavy atom. The number of carbonyl (C=O) groups excluding carboxylic acids is 2. The summed E-state index contributed by atoms with van der Waals surface area (Å²) < 4.78 is 1.68. The van der Waals surface area contributed by atoms with Crippen molar-refractivity contribution in [3.63, 3.8) is 0 Å². The van der Waals surface area contributed by atoms with Crippen molar-refractivity contribution >= 4 is 28.4 Å². The second-order valence-electron chi connectivity index (χ2n) is 6.52. The number of imidazole rings is 2. The Bertz CT molecular complexity index is 1110. The van der Waals surface area contributed by atoms with Crippen LogP contribution in [0.3, 0.4) is 0 Å². The number of hydrogen-bond acceptors (Lipinski definition) is 4.